The minimum absolute atomic E-state index is 0.0567. The highest BCUT2D eigenvalue weighted by Gasteiger charge is 2.35. The average Bonchev–Trinajstić information content (AvgIpc) is 3.36. The SMILES string of the molecule is CC1=C(C(=O)Nc2ccccc2)[C@H](c2ccccc2Cl)C(C#N)=C(SCC(=O)Nc2nccs2)N1. The lowest BCUT2D eigenvalue weighted by Crippen LogP contribution is -2.31. The summed E-state index contributed by atoms with van der Waals surface area (Å²) in [6.45, 7) is 1.77. The predicted molar refractivity (Wildman–Crippen MR) is 141 cm³/mol. The summed E-state index contributed by atoms with van der Waals surface area (Å²) in [5, 5.41) is 22.2. The van der Waals surface area contributed by atoms with Gasteiger partial charge in [-0.15, -0.1) is 11.3 Å². The largest absolute Gasteiger partial charge is 0.353 e. The minimum Gasteiger partial charge on any atom is -0.353 e. The minimum atomic E-state index is -0.705. The summed E-state index contributed by atoms with van der Waals surface area (Å²) in [6, 6.07) is 18.5. The number of dihydropyridines is 1. The molecule has 1 aliphatic rings. The van der Waals surface area contributed by atoms with E-state index in [1.165, 1.54) is 23.1 Å². The number of allylic oxidation sites excluding steroid dienone is 2. The van der Waals surface area contributed by atoms with Crippen molar-refractivity contribution in [2.24, 2.45) is 0 Å². The van der Waals surface area contributed by atoms with Crippen molar-refractivity contribution in [2.75, 3.05) is 16.4 Å². The van der Waals surface area contributed by atoms with Crippen LogP contribution in [0.4, 0.5) is 10.8 Å². The van der Waals surface area contributed by atoms with Gasteiger partial charge in [-0.05, 0) is 30.7 Å². The molecule has 176 valence electrons. The number of nitrogens with one attached hydrogen (secondary N) is 3. The fraction of sp³-hybridized carbons (Fsp3) is 0.120. The van der Waals surface area contributed by atoms with Gasteiger partial charge >= 0.3 is 0 Å². The first-order valence-electron chi connectivity index (χ1n) is 10.5. The first kappa shape index (κ1) is 24.5. The standard InChI is InChI=1S/C25H20ClN5O2S2/c1-15-21(23(33)30-16-7-3-2-4-8-16)22(17-9-5-6-10-19(17)26)18(13-27)24(29-15)35-14-20(32)31-25-28-11-12-34-25/h2-12,22,29H,14H2,1H3,(H,30,33)(H,28,31,32)/t22-/m1/s1. The second kappa shape index (κ2) is 11.2. The second-order valence-electron chi connectivity index (χ2n) is 7.47. The Bertz CT molecular complexity index is 1350. The van der Waals surface area contributed by atoms with Crippen LogP contribution < -0.4 is 16.0 Å². The van der Waals surface area contributed by atoms with Crippen molar-refractivity contribution in [3.63, 3.8) is 0 Å². The van der Waals surface area contributed by atoms with E-state index in [0.29, 0.717) is 43.3 Å². The maximum atomic E-state index is 13.4. The number of para-hydroxylation sites is 1. The molecule has 1 aromatic heterocycles. The summed E-state index contributed by atoms with van der Waals surface area (Å²) in [5.74, 6) is -1.24. The molecule has 0 fully saturated rings. The molecule has 4 rings (SSSR count). The molecule has 3 aromatic rings. The van der Waals surface area contributed by atoms with Crippen LogP contribution in [0.1, 0.15) is 18.4 Å². The Morgan fingerprint density at radius 3 is 2.60 bits per heavy atom. The molecule has 0 unspecified atom stereocenters. The van der Waals surface area contributed by atoms with E-state index in [0.717, 1.165) is 0 Å². The van der Waals surface area contributed by atoms with E-state index in [1.54, 1.807) is 48.8 Å². The van der Waals surface area contributed by atoms with Crippen LogP contribution in [0.15, 0.2) is 88.0 Å². The third kappa shape index (κ3) is 5.74. The molecule has 0 saturated heterocycles. The van der Waals surface area contributed by atoms with Crippen molar-refractivity contribution in [2.45, 2.75) is 12.8 Å². The van der Waals surface area contributed by atoms with Crippen LogP contribution in [0.25, 0.3) is 0 Å². The van der Waals surface area contributed by atoms with Gasteiger partial charge in [0.1, 0.15) is 0 Å². The molecule has 2 heterocycles. The Hall–Kier alpha value is -3.58. The van der Waals surface area contributed by atoms with Crippen molar-refractivity contribution in [3.8, 4) is 6.07 Å². The lowest BCUT2D eigenvalue weighted by atomic mass is 9.82. The molecule has 2 amide bonds. The number of halogens is 1. The summed E-state index contributed by atoms with van der Waals surface area (Å²) < 4.78 is 0. The van der Waals surface area contributed by atoms with E-state index in [1.807, 2.05) is 24.3 Å². The topological polar surface area (TPSA) is 107 Å². The molecular formula is C25H20ClN5O2S2. The lowest BCUT2D eigenvalue weighted by molar-refractivity contribution is -0.114. The van der Waals surface area contributed by atoms with Crippen LogP contribution in [-0.4, -0.2) is 22.6 Å². The van der Waals surface area contributed by atoms with Crippen molar-refractivity contribution >= 4 is 57.3 Å². The summed E-state index contributed by atoms with van der Waals surface area (Å²) in [7, 11) is 0. The molecule has 10 heteroatoms. The summed E-state index contributed by atoms with van der Waals surface area (Å²) in [5.41, 5.74) is 2.54. The maximum absolute atomic E-state index is 13.4. The Morgan fingerprint density at radius 2 is 1.91 bits per heavy atom. The van der Waals surface area contributed by atoms with Gasteiger partial charge < -0.3 is 16.0 Å². The quantitative estimate of drug-likeness (QED) is 0.379. The third-order valence-corrected chi connectivity index (χ3v) is 7.22. The Balaban J connectivity index is 1.66. The average molecular weight is 522 g/mol. The van der Waals surface area contributed by atoms with E-state index in [9.17, 15) is 14.9 Å². The summed E-state index contributed by atoms with van der Waals surface area (Å²) in [4.78, 5) is 29.9. The number of rotatable bonds is 7. The van der Waals surface area contributed by atoms with Gasteiger partial charge in [0.2, 0.25) is 5.91 Å². The van der Waals surface area contributed by atoms with Gasteiger partial charge in [0.05, 0.1) is 28.3 Å². The summed E-state index contributed by atoms with van der Waals surface area (Å²) in [6.07, 6.45) is 1.61. The van der Waals surface area contributed by atoms with E-state index < -0.39 is 5.92 Å². The first-order chi connectivity index (χ1) is 17.0. The molecule has 0 aliphatic carbocycles. The zero-order valence-electron chi connectivity index (χ0n) is 18.5. The van der Waals surface area contributed by atoms with Crippen LogP contribution in [0.3, 0.4) is 0 Å². The number of aromatic nitrogens is 1. The number of thiazole rings is 1. The smallest absolute Gasteiger partial charge is 0.254 e. The highest BCUT2D eigenvalue weighted by Crippen LogP contribution is 2.43. The van der Waals surface area contributed by atoms with Crippen LogP contribution in [-0.2, 0) is 9.59 Å². The third-order valence-electron chi connectivity index (χ3n) is 5.17. The Morgan fingerprint density at radius 1 is 1.17 bits per heavy atom. The van der Waals surface area contributed by atoms with E-state index >= 15 is 0 Å². The number of carbonyl (C=O) groups excluding carboxylic acids is 2. The number of benzene rings is 2. The molecule has 2 aromatic carbocycles. The maximum Gasteiger partial charge on any atom is 0.254 e. The Labute approximate surface area is 215 Å². The van der Waals surface area contributed by atoms with Crippen LogP contribution >= 0.6 is 34.7 Å². The first-order valence-corrected chi connectivity index (χ1v) is 12.8. The molecule has 1 aliphatic heterocycles. The van der Waals surface area contributed by atoms with Gasteiger partial charge in [0.25, 0.3) is 5.91 Å². The molecule has 35 heavy (non-hydrogen) atoms. The number of nitrogens with zero attached hydrogens (tertiary/aromatic N) is 2. The van der Waals surface area contributed by atoms with Gasteiger partial charge in [0.15, 0.2) is 5.13 Å². The molecule has 1 atom stereocenters. The highest BCUT2D eigenvalue weighted by atomic mass is 35.5. The second-order valence-corrected chi connectivity index (χ2v) is 9.75. The number of hydrogen-bond donors (Lipinski definition) is 3. The number of carbonyl (C=O) groups is 2. The van der Waals surface area contributed by atoms with E-state index in [4.69, 9.17) is 11.6 Å². The van der Waals surface area contributed by atoms with Gasteiger partial charge in [-0.2, -0.15) is 5.26 Å². The van der Waals surface area contributed by atoms with Crippen LogP contribution in [0, 0.1) is 11.3 Å². The molecule has 0 bridgehead atoms. The van der Waals surface area contributed by atoms with Crippen molar-refractivity contribution in [1.82, 2.24) is 10.3 Å². The van der Waals surface area contributed by atoms with Crippen molar-refractivity contribution in [3.05, 3.63) is 98.6 Å². The van der Waals surface area contributed by atoms with Gasteiger partial charge in [-0.25, -0.2) is 4.98 Å². The predicted octanol–water partition coefficient (Wildman–Crippen LogP) is 5.50. The van der Waals surface area contributed by atoms with Crippen LogP contribution in [0.2, 0.25) is 5.02 Å². The van der Waals surface area contributed by atoms with Crippen molar-refractivity contribution < 1.29 is 9.59 Å². The monoisotopic (exact) mass is 521 g/mol. The number of nitriles is 1. The molecular weight excluding hydrogens is 502 g/mol. The van der Waals surface area contributed by atoms with Crippen molar-refractivity contribution in [1.29, 1.82) is 5.26 Å². The molecule has 7 nitrogen and oxygen atoms in total. The normalized spacial score (nSPS) is 15.3. The van der Waals surface area contributed by atoms with Gasteiger partial charge in [0, 0.05) is 33.6 Å². The zero-order chi connectivity index (χ0) is 24.8. The van der Waals surface area contributed by atoms with Gasteiger partial charge in [-0.1, -0.05) is 59.8 Å². The molecule has 0 spiro atoms. The fourth-order valence-corrected chi connectivity index (χ4v) is 5.33. The number of hydrogen-bond acceptors (Lipinski definition) is 7. The molecule has 0 radical (unpaired) electrons. The summed E-state index contributed by atoms with van der Waals surface area (Å²) >= 11 is 9.04. The lowest BCUT2D eigenvalue weighted by Gasteiger charge is -2.30. The van der Waals surface area contributed by atoms with Crippen LogP contribution in [0.5, 0.6) is 0 Å². The molecule has 0 saturated carbocycles. The zero-order valence-corrected chi connectivity index (χ0v) is 20.9. The Kier molecular flexibility index (Phi) is 7.87. The van der Waals surface area contributed by atoms with E-state index in [2.05, 4.69) is 27.0 Å². The van der Waals surface area contributed by atoms with E-state index in [-0.39, 0.29) is 17.6 Å². The number of thioether (sulfide) groups is 1. The molecule has 3 N–H and O–H groups in total. The fourth-order valence-electron chi connectivity index (χ4n) is 3.65. The number of amides is 2. The van der Waals surface area contributed by atoms with Gasteiger partial charge in [-0.3, -0.25) is 9.59 Å². The number of anilines is 2. The highest BCUT2D eigenvalue weighted by molar-refractivity contribution is 8.03.